The third-order valence-corrected chi connectivity index (χ3v) is 4.21. The van der Waals surface area contributed by atoms with E-state index >= 15 is 0 Å². The molecule has 1 aliphatic heterocycles. The van der Waals surface area contributed by atoms with Gasteiger partial charge in [0.05, 0.1) is 6.54 Å². The topological polar surface area (TPSA) is 55.6 Å². The summed E-state index contributed by atoms with van der Waals surface area (Å²) < 4.78 is 11.2. The molecule has 2 fully saturated rings. The second-order valence-corrected chi connectivity index (χ2v) is 5.98. The van der Waals surface area contributed by atoms with Gasteiger partial charge in [0.2, 0.25) is 0 Å². The number of carbonyl (C=O) groups is 1. The van der Waals surface area contributed by atoms with Crippen molar-refractivity contribution in [1.82, 2.24) is 10.1 Å². The molecule has 2 heterocycles. The Labute approximate surface area is 128 Å². The summed E-state index contributed by atoms with van der Waals surface area (Å²) in [6.07, 6.45) is 3.16. The molecule has 5 heteroatoms. The number of benzene rings is 1. The molecule has 1 saturated carbocycles. The summed E-state index contributed by atoms with van der Waals surface area (Å²) in [5.41, 5.74) is 0.419. The first-order chi connectivity index (χ1) is 10.8. The van der Waals surface area contributed by atoms with Crippen LogP contribution in [0.25, 0.3) is 0 Å². The lowest BCUT2D eigenvalue weighted by molar-refractivity contribution is 0.0762. The van der Waals surface area contributed by atoms with E-state index in [4.69, 9.17) is 9.26 Å². The minimum absolute atomic E-state index is 0.0427. The summed E-state index contributed by atoms with van der Waals surface area (Å²) in [5, 5.41) is 3.92. The highest BCUT2D eigenvalue weighted by Gasteiger charge is 2.32. The molecule has 2 aromatic rings. The van der Waals surface area contributed by atoms with Gasteiger partial charge in [0.15, 0.2) is 5.69 Å². The molecule has 114 valence electrons. The van der Waals surface area contributed by atoms with Crippen molar-refractivity contribution in [2.24, 2.45) is 0 Å². The van der Waals surface area contributed by atoms with Gasteiger partial charge in [0, 0.05) is 24.9 Å². The highest BCUT2D eigenvalue weighted by Crippen LogP contribution is 2.40. The summed E-state index contributed by atoms with van der Waals surface area (Å²) in [6, 6.07) is 11.5. The van der Waals surface area contributed by atoms with Crippen LogP contribution in [0.3, 0.4) is 0 Å². The predicted molar refractivity (Wildman–Crippen MR) is 79.9 cm³/mol. The fraction of sp³-hybridized carbons (Fsp3) is 0.412. The second-order valence-electron chi connectivity index (χ2n) is 5.98. The van der Waals surface area contributed by atoms with Gasteiger partial charge < -0.3 is 14.2 Å². The maximum absolute atomic E-state index is 12.4. The van der Waals surface area contributed by atoms with Crippen LogP contribution >= 0.6 is 0 Å². The molecule has 1 unspecified atom stereocenters. The Kier molecular flexibility index (Phi) is 3.33. The first kappa shape index (κ1) is 13.4. The van der Waals surface area contributed by atoms with Crippen LogP contribution in [-0.2, 0) is 0 Å². The number of carbonyl (C=O) groups excluding carboxylic acids is 1. The number of aromatic nitrogens is 1. The Balaban J connectivity index is 1.38. The van der Waals surface area contributed by atoms with Crippen LogP contribution in [0.5, 0.6) is 5.75 Å². The minimum Gasteiger partial charge on any atom is -0.489 e. The third-order valence-electron chi connectivity index (χ3n) is 4.21. The van der Waals surface area contributed by atoms with Crippen LogP contribution in [0.4, 0.5) is 0 Å². The zero-order chi connectivity index (χ0) is 14.9. The van der Waals surface area contributed by atoms with E-state index in [1.807, 2.05) is 30.3 Å². The molecule has 1 saturated heterocycles. The zero-order valence-corrected chi connectivity index (χ0v) is 12.3. The van der Waals surface area contributed by atoms with E-state index in [2.05, 4.69) is 5.16 Å². The average molecular weight is 298 g/mol. The van der Waals surface area contributed by atoms with E-state index in [9.17, 15) is 4.79 Å². The molecule has 5 nitrogen and oxygen atoms in total. The Morgan fingerprint density at radius 1 is 1.23 bits per heavy atom. The number of amides is 1. The first-order valence-corrected chi connectivity index (χ1v) is 7.77. The van der Waals surface area contributed by atoms with Gasteiger partial charge in [0.1, 0.15) is 17.6 Å². The number of para-hydroxylation sites is 1. The maximum atomic E-state index is 12.4. The van der Waals surface area contributed by atoms with Gasteiger partial charge in [-0.15, -0.1) is 0 Å². The molecule has 4 rings (SSSR count). The van der Waals surface area contributed by atoms with Crippen LogP contribution in [0, 0.1) is 0 Å². The highest BCUT2D eigenvalue weighted by molar-refractivity contribution is 5.92. The van der Waals surface area contributed by atoms with Gasteiger partial charge in [-0.25, -0.2) is 0 Å². The molecule has 1 aromatic carbocycles. The van der Waals surface area contributed by atoms with Crippen molar-refractivity contribution in [1.29, 1.82) is 0 Å². The number of hydrogen-bond donors (Lipinski definition) is 0. The van der Waals surface area contributed by atoms with Crippen molar-refractivity contribution in [2.75, 3.05) is 13.1 Å². The van der Waals surface area contributed by atoms with Crippen LogP contribution in [0.2, 0.25) is 0 Å². The maximum Gasteiger partial charge on any atom is 0.276 e. The summed E-state index contributed by atoms with van der Waals surface area (Å²) in [6.45, 7) is 1.29. The number of nitrogens with zero attached hydrogens (tertiary/aromatic N) is 2. The Hall–Kier alpha value is -2.30. The zero-order valence-electron chi connectivity index (χ0n) is 12.3. The fourth-order valence-corrected chi connectivity index (χ4v) is 2.81. The van der Waals surface area contributed by atoms with E-state index < -0.39 is 0 Å². The summed E-state index contributed by atoms with van der Waals surface area (Å²) in [4.78, 5) is 14.2. The monoisotopic (exact) mass is 298 g/mol. The van der Waals surface area contributed by atoms with Gasteiger partial charge in [-0.1, -0.05) is 23.4 Å². The number of rotatable bonds is 4. The van der Waals surface area contributed by atoms with Crippen molar-refractivity contribution in [3.63, 3.8) is 0 Å². The molecule has 22 heavy (non-hydrogen) atoms. The molecule has 1 aromatic heterocycles. The molecule has 1 amide bonds. The third kappa shape index (κ3) is 2.71. The van der Waals surface area contributed by atoms with Gasteiger partial charge in [-0.05, 0) is 25.0 Å². The predicted octanol–water partition coefficient (Wildman–Crippen LogP) is 2.85. The summed E-state index contributed by atoms with van der Waals surface area (Å²) in [5.74, 6) is 2.11. The molecular weight excluding hydrogens is 280 g/mol. The SMILES string of the molecule is O=C(c1cc(C2CC2)on1)N1CCC(Oc2ccccc2)C1. The second kappa shape index (κ2) is 5.48. The smallest absolute Gasteiger partial charge is 0.276 e. The van der Waals surface area contributed by atoms with Gasteiger partial charge in [-0.3, -0.25) is 4.79 Å². The molecule has 0 radical (unpaired) electrons. The van der Waals surface area contributed by atoms with Crippen LogP contribution < -0.4 is 4.74 Å². The molecule has 1 aliphatic carbocycles. The van der Waals surface area contributed by atoms with Crippen molar-refractivity contribution in [3.05, 3.63) is 47.9 Å². The fourth-order valence-electron chi connectivity index (χ4n) is 2.81. The van der Waals surface area contributed by atoms with Crippen LogP contribution in [0.15, 0.2) is 40.9 Å². The van der Waals surface area contributed by atoms with E-state index in [1.165, 1.54) is 0 Å². The first-order valence-electron chi connectivity index (χ1n) is 7.77. The Bertz CT molecular complexity index is 664. The number of ether oxygens (including phenoxy) is 1. The van der Waals surface area contributed by atoms with E-state index in [1.54, 1.807) is 11.0 Å². The summed E-state index contributed by atoms with van der Waals surface area (Å²) >= 11 is 0. The molecule has 0 bridgehead atoms. The van der Waals surface area contributed by atoms with Crippen LogP contribution in [0.1, 0.15) is 41.4 Å². The average Bonchev–Trinajstić information content (AvgIpc) is 3.10. The summed E-state index contributed by atoms with van der Waals surface area (Å²) in [7, 11) is 0. The lowest BCUT2D eigenvalue weighted by Crippen LogP contribution is -2.31. The molecule has 2 aliphatic rings. The van der Waals surface area contributed by atoms with Gasteiger partial charge in [-0.2, -0.15) is 0 Å². The minimum atomic E-state index is -0.0604. The molecular formula is C17H18N2O3. The standard InChI is InChI=1S/C17H18N2O3/c20-17(15-10-16(22-18-15)12-6-7-12)19-9-8-14(11-19)21-13-4-2-1-3-5-13/h1-5,10,12,14H,6-9,11H2. The molecule has 0 N–H and O–H groups in total. The lowest BCUT2D eigenvalue weighted by atomic mass is 10.2. The van der Waals surface area contributed by atoms with Crippen molar-refractivity contribution in [2.45, 2.75) is 31.3 Å². The normalized spacial score (nSPS) is 21.1. The Morgan fingerprint density at radius 2 is 2.05 bits per heavy atom. The number of likely N-dealkylation sites (tertiary alicyclic amines) is 1. The van der Waals surface area contributed by atoms with Crippen molar-refractivity contribution in [3.8, 4) is 5.75 Å². The van der Waals surface area contributed by atoms with Crippen molar-refractivity contribution < 1.29 is 14.1 Å². The van der Waals surface area contributed by atoms with Crippen molar-refractivity contribution >= 4 is 5.91 Å². The largest absolute Gasteiger partial charge is 0.489 e. The lowest BCUT2D eigenvalue weighted by Gasteiger charge is -2.16. The Morgan fingerprint density at radius 3 is 2.82 bits per heavy atom. The van der Waals surface area contributed by atoms with Crippen LogP contribution in [-0.4, -0.2) is 35.2 Å². The molecule has 1 atom stereocenters. The number of hydrogen-bond acceptors (Lipinski definition) is 4. The van der Waals surface area contributed by atoms with Gasteiger partial charge in [0.25, 0.3) is 5.91 Å². The quantitative estimate of drug-likeness (QED) is 0.871. The van der Waals surface area contributed by atoms with E-state index in [0.29, 0.717) is 24.7 Å². The van der Waals surface area contributed by atoms with Gasteiger partial charge >= 0.3 is 0 Å². The van der Waals surface area contributed by atoms with E-state index in [0.717, 1.165) is 30.8 Å². The highest BCUT2D eigenvalue weighted by atomic mass is 16.5. The van der Waals surface area contributed by atoms with E-state index in [-0.39, 0.29) is 12.0 Å². The molecule has 0 spiro atoms.